The lowest BCUT2D eigenvalue weighted by atomic mass is 9.89. The third-order valence-corrected chi connectivity index (χ3v) is 11.5. The molecule has 0 aliphatic heterocycles. The Balaban J connectivity index is 1.06. The van der Waals surface area contributed by atoms with Crippen molar-refractivity contribution in [3.05, 3.63) is 213 Å². The maximum Gasteiger partial charge on any atom is 0.123 e. The van der Waals surface area contributed by atoms with Gasteiger partial charge in [-0.3, -0.25) is 9.97 Å². The number of halogens is 1. The molecule has 0 N–H and O–H groups in total. The van der Waals surface area contributed by atoms with Gasteiger partial charge < -0.3 is 0 Å². The summed E-state index contributed by atoms with van der Waals surface area (Å²) in [6.45, 7) is 0. The summed E-state index contributed by atoms with van der Waals surface area (Å²) in [6, 6.07) is 62.8. The Morgan fingerprint density at radius 2 is 0.746 bits per heavy atom. The van der Waals surface area contributed by atoms with E-state index in [1.54, 1.807) is 12.4 Å². The van der Waals surface area contributed by atoms with Crippen molar-refractivity contribution in [2.45, 2.75) is 0 Å². The van der Waals surface area contributed by atoms with Crippen LogP contribution in [0, 0.1) is 5.82 Å². The van der Waals surface area contributed by atoms with Crippen molar-refractivity contribution in [3.8, 4) is 66.9 Å². The predicted molar refractivity (Wildman–Crippen MR) is 242 cm³/mol. The van der Waals surface area contributed by atoms with Gasteiger partial charge in [-0.1, -0.05) is 133 Å². The minimum atomic E-state index is -0.242. The number of benzene rings is 8. The van der Waals surface area contributed by atoms with E-state index in [-0.39, 0.29) is 5.82 Å². The maximum atomic E-state index is 13.7. The molecule has 3 heterocycles. The monoisotopic (exact) mass is 755 g/mol. The van der Waals surface area contributed by atoms with Gasteiger partial charge in [0.05, 0.1) is 11.2 Å². The van der Waals surface area contributed by atoms with Crippen LogP contribution in [0.1, 0.15) is 0 Å². The summed E-state index contributed by atoms with van der Waals surface area (Å²) in [7, 11) is 0. The highest BCUT2D eigenvalue weighted by molar-refractivity contribution is 6.33. The molecule has 0 unspecified atom stereocenters. The number of pyridine rings is 3. The van der Waals surface area contributed by atoms with Gasteiger partial charge in [0.1, 0.15) is 5.82 Å². The molecule has 3 aromatic heterocycles. The smallest absolute Gasteiger partial charge is 0.123 e. The van der Waals surface area contributed by atoms with Gasteiger partial charge in [-0.15, -0.1) is 0 Å². The molecule has 0 saturated carbocycles. The van der Waals surface area contributed by atoms with Crippen molar-refractivity contribution in [1.29, 1.82) is 0 Å². The molecule has 3 nitrogen and oxygen atoms in total. The zero-order chi connectivity index (χ0) is 39.3. The molecule has 8 aromatic carbocycles. The highest BCUT2D eigenvalue weighted by Crippen LogP contribution is 2.44. The molecule has 11 rings (SSSR count). The molecule has 0 spiro atoms. The van der Waals surface area contributed by atoms with Crippen LogP contribution in [0.15, 0.2) is 207 Å². The van der Waals surface area contributed by atoms with E-state index in [0.29, 0.717) is 0 Å². The van der Waals surface area contributed by atoms with Crippen LogP contribution in [0.5, 0.6) is 0 Å². The SMILES string of the molecule is Fc1ccc(-c2ccc(-c3nc4cc(-c5ccc(-c6cc(-c7cccnc7)cc(-c7cccnc7)c6)cc5)ccc4c4c5ccccc5c5ccccc5c34)cc2)cc1. The molecule has 11 aromatic rings. The minimum Gasteiger partial charge on any atom is -0.264 e. The topological polar surface area (TPSA) is 38.7 Å². The van der Waals surface area contributed by atoms with Crippen LogP contribution in [-0.2, 0) is 0 Å². The first-order valence-electron chi connectivity index (χ1n) is 19.7. The van der Waals surface area contributed by atoms with Crippen molar-refractivity contribution in [2.24, 2.45) is 0 Å². The van der Waals surface area contributed by atoms with E-state index in [1.807, 2.05) is 36.7 Å². The third kappa shape index (κ3) is 6.19. The standard InChI is InChI=1S/C55H34FN3/c56-46-24-21-36(22-25-46)35-17-19-39(20-18-35)55-54-50-12-4-2-10-48(50)47-9-1-3-11-49(47)53(54)51-26-23-40(32-52(51)59-55)37-13-15-38(16-14-37)43-29-44(41-7-5-27-57-33-41)31-45(30-43)42-8-6-28-58-34-42/h1-34H. The highest BCUT2D eigenvalue weighted by Gasteiger charge is 2.18. The number of aromatic nitrogens is 3. The van der Waals surface area contributed by atoms with Crippen LogP contribution in [-0.4, -0.2) is 15.0 Å². The van der Waals surface area contributed by atoms with Gasteiger partial charge in [0.2, 0.25) is 0 Å². The van der Waals surface area contributed by atoms with E-state index < -0.39 is 0 Å². The Morgan fingerprint density at radius 3 is 1.29 bits per heavy atom. The van der Waals surface area contributed by atoms with Crippen LogP contribution in [0.2, 0.25) is 0 Å². The van der Waals surface area contributed by atoms with E-state index in [2.05, 4.69) is 156 Å². The Hall–Kier alpha value is -7.82. The van der Waals surface area contributed by atoms with Crippen molar-refractivity contribution in [3.63, 3.8) is 0 Å². The largest absolute Gasteiger partial charge is 0.264 e. The summed E-state index contributed by atoms with van der Waals surface area (Å²) in [5, 5.41) is 8.25. The first-order valence-corrected chi connectivity index (χ1v) is 19.7. The van der Waals surface area contributed by atoms with Gasteiger partial charge in [-0.2, -0.15) is 0 Å². The molecule has 0 aliphatic rings. The summed E-state index contributed by atoms with van der Waals surface area (Å²) < 4.78 is 13.7. The lowest BCUT2D eigenvalue weighted by Gasteiger charge is -2.17. The van der Waals surface area contributed by atoms with E-state index in [1.165, 1.54) is 39.1 Å². The van der Waals surface area contributed by atoms with Gasteiger partial charge in [0, 0.05) is 57.6 Å². The molecule has 0 fully saturated rings. The van der Waals surface area contributed by atoms with Crippen LogP contribution in [0.3, 0.4) is 0 Å². The van der Waals surface area contributed by atoms with Gasteiger partial charge >= 0.3 is 0 Å². The Kier molecular flexibility index (Phi) is 8.34. The van der Waals surface area contributed by atoms with Gasteiger partial charge in [0.25, 0.3) is 0 Å². The Bertz CT molecular complexity index is 3290. The maximum absolute atomic E-state index is 13.7. The second kappa shape index (κ2) is 14.3. The van der Waals surface area contributed by atoms with Gasteiger partial charge in [-0.25, -0.2) is 9.37 Å². The van der Waals surface area contributed by atoms with Crippen molar-refractivity contribution < 1.29 is 4.39 Å². The van der Waals surface area contributed by atoms with Crippen LogP contribution in [0.4, 0.5) is 4.39 Å². The quantitative estimate of drug-likeness (QED) is 0.159. The van der Waals surface area contributed by atoms with E-state index >= 15 is 0 Å². The van der Waals surface area contributed by atoms with Crippen LogP contribution >= 0.6 is 0 Å². The Morgan fingerprint density at radius 1 is 0.305 bits per heavy atom. The molecule has 0 amide bonds. The average molecular weight is 756 g/mol. The van der Waals surface area contributed by atoms with Crippen molar-refractivity contribution in [1.82, 2.24) is 15.0 Å². The lowest BCUT2D eigenvalue weighted by molar-refractivity contribution is 0.628. The molecular formula is C55H34FN3. The summed E-state index contributed by atoms with van der Waals surface area (Å²) in [5.41, 5.74) is 13.7. The summed E-state index contributed by atoms with van der Waals surface area (Å²) in [4.78, 5) is 14.3. The van der Waals surface area contributed by atoms with Crippen LogP contribution in [0.25, 0.3) is 110 Å². The van der Waals surface area contributed by atoms with E-state index in [4.69, 9.17) is 4.98 Å². The molecule has 0 atom stereocenters. The highest BCUT2D eigenvalue weighted by atomic mass is 19.1. The molecule has 0 saturated heterocycles. The number of rotatable bonds is 6. The lowest BCUT2D eigenvalue weighted by Crippen LogP contribution is -1.94. The Labute approximate surface area is 340 Å². The molecule has 0 aliphatic carbocycles. The van der Waals surface area contributed by atoms with Gasteiger partial charge in [-0.05, 0) is 115 Å². The fourth-order valence-corrected chi connectivity index (χ4v) is 8.58. The predicted octanol–water partition coefficient (Wildman–Crippen LogP) is 14.6. The fourth-order valence-electron chi connectivity index (χ4n) is 8.58. The van der Waals surface area contributed by atoms with Crippen LogP contribution < -0.4 is 0 Å². The summed E-state index contributed by atoms with van der Waals surface area (Å²) in [6.07, 6.45) is 7.42. The number of nitrogens with zero attached hydrogens (tertiary/aromatic N) is 3. The fraction of sp³-hybridized carbons (Fsp3) is 0. The molecule has 59 heavy (non-hydrogen) atoms. The second-order valence-electron chi connectivity index (χ2n) is 15.0. The number of fused-ring (bicyclic) bond motifs is 8. The third-order valence-electron chi connectivity index (χ3n) is 11.5. The first-order chi connectivity index (χ1) is 29.1. The zero-order valence-electron chi connectivity index (χ0n) is 31.8. The average Bonchev–Trinajstić information content (AvgIpc) is 3.32. The zero-order valence-corrected chi connectivity index (χ0v) is 31.8. The first kappa shape index (κ1) is 34.4. The second-order valence-corrected chi connectivity index (χ2v) is 15.0. The van der Waals surface area contributed by atoms with E-state index in [9.17, 15) is 4.39 Å². The molecule has 276 valence electrons. The normalized spacial score (nSPS) is 11.5. The van der Waals surface area contributed by atoms with Crippen molar-refractivity contribution in [2.75, 3.05) is 0 Å². The number of hydrogen-bond acceptors (Lipinski definition) is 3. The summed E-state index contributed by atoms with van der Waals surface area (Å²) in [5.74, 6) is -0.242. The molecule has 4 heteroatoms. The van der Waals surface area contributed by atoms with Gasteiger partial charge in [0.15, 0.2) is 0 Å². The number of hydrogen-bond donors (Lipinski definition) is 0. The van der Waals surface area contributed by atoms with Crippen molar-refractivity contribution >= 4 is 43.2 Å². The van der Waals surface area contributed by atoms with E-state index in [0.717, 1.165) is 83.2 Å². The summed E-state index contributed by atoms with van der Waals surface area (Å²) >= 11 is 0. The minimum absolute atomic E-state index is 0.242. The molecule has 0 bridgehead atoms. The molecule has 0 radical (unpaired) electrons. The molecular weight excluding hydrogens is 722 g/mol.